The molecule has 154 valence electrons. The van der Waals surface area contributed by atoms with Crippen LogP contribution in [0.25, 0.3) is 5.57 Å². The SMILES string of the molecule is C=C/C(=C\C=C/C)c1ccc(NC(=O)CCCCCNC(=O)CS)cc1.CC. The van der Waals surface area contributed by atoms with Gasteiger partial charge in [-0.25, -0.2) is 0 Å². The van der Waals surface area contributed by atoms with Crippen molar-refractivity contribution in [3.05, 3.63) is 60.7 Å². The molecule has 0 fully saturated rings. The van der Waals surface area contributed by atoms with Crippen molar-refractivity contribution in [2.45, 2.75) is 46.5 Å². The lowest BCUT2D eigenvalue weighted by Crippen LogP contribution is -2.25. The van der Waals surface area contributed by atoms with Crippen molar-refractivity contribution in [2.24, 2.45) is 0 Å². The van der Waals surface area contributed by atoms with Crippen LogP contribution in [-0.2, 0) is 9.59 Å². The Kier molecular flexibility index (Phi) is 15.5. The maximum atomic E-state index is 12.0. The zero-order chi connectivity index (χ0) is 21.2. The van der Waals surface area contributed by atoms with E-state index in [1.807, 2.05) is 69.3 Å². The maximum Gasteiger partial charge on any atom is 0.229 e. The molecule has 4 nitrogen and oxygen atoms in total. The van der Waals surface area contributed by atoms with Crippen molar-refractivity contribution in [2.75, 3.05) is 17.6 Å². The van der Waals surface area contributed by atoms with Gasteiger partial charge in [-0.2, -0.15) is 12.6 Å². The molecule has 0 spiro atoms. The van der Waals surface area contributed by atoms with Gasteiger partial charge >= 0.3 is 0 Å². The Labute approximate surface area is 175 Å². The smallest absolute Gasteiger partial charge is 0.229 e. The summed E-state index contributed by atoms with van der Waals surface area (Å²) in [6.07, 6.45) is 10.8. The van der Waals surface area contributed by atoms with Crippen LogP contribution >= 0.6 is 12.6 Å². The Morgan fingerprint density at radius 2 is 1.75 bits per heavy atom. The standard InChI is InChI=1S/C21H28N2O2S.C2H6/c1-3-5-9-17(4-2)18-11-13-19(14-12-18)23-20(24)10-7-6-8-15-22-21(25)16-26;1-2/h3-5,9,11-14,26H,2,6-8,10,15-16H2,1H3,(H,22,25)(H,23,24);1-2H3/b5-3-,17-9+;. The zero-order valence-corrected chi connectivity index (χ0v) is 18.2. The van der Waals surface area contributed by atoms with Gasteiger partial charge in [0, 0.05) is 18.7 Å². The Hall–Kier alpha value is -2.27. The highest BCUT2D eigenvalue weighted by molar-refractivity contribution is 7.81. The van der Waals surface area contributed by atoms with Crippen LogP contribution in [-0.4, -0.2) is 24.1 Å². The van der Waals surface area contributed by atoms with E-state index >= 15 is 0 Å². The van der Waals surface area contributed by atoms with E-state index in [4.69, 9.17) is 0 Å². The molecule has 1 aromatic rings. The molecule has 28 heavy (non-hydrogen) atoms. The fourth-order valence-electron chi connectivity index (χ4n) is 2.32. The lowest BCUT2D eigenvalue weighted by molar-refractivity contribution is -0.118. The molecule has 1 rings (SSSR count). The summed E-state index contributed by atoms with van der Waals surface area (Å²) < 4.78 is 0. The lowest BCUT2D eigenvalue weighted by atomic mass is 10.0. The topological polar surface area (TPSA) is 58.2 Å². The van der Waals surface area contributed by atoms with Gasteiger partial charge in [-0.05, 0) is 43.0 Å². The number of benzene rings is 1. The predicted molar refractivity (Wildman–Crippen MR) is 125 cm³/mol. The number of carbonyl (C=O) groups excluding carboxylic acids is 2. The number of carbonyl (C=O) groups is 2. The molecule has 2 amide bonds. The van der Waals surface area contributed by atoms with Gasteiger partial charge in [0.2, 0.25) is 11.8 Å². The molecule has 0 aliphatic heterocycles. The first-order valence-corrected chi connectivity index (χ1v) is 10.5. The summed E-state index contributed by atoms with van der Waals surface area (Å²) in [5.74, 6) is 0.154. The van der Waals surface area contributed by atoms with Gasteiger partial charge in [0.05, 0.1) is 5.75 Å². The zero-order valence-electron chi connectivity index (χ0n) is 17.3. The van der Waals surface area contributed by atoms with Crippen LogP contribution in [0.3, 0.4) is 0 Å². The van der Waals surface area contributed by atoms with E-state index in [0.717, 1.165) is 36.1 Å². The second-order valence-corrected chi connectivity index (χ2v) is 6.11. The van der Waals surface area contributed by atoms with Crippen LogP contribution < -0.4 is 10.6 Å². The largest absolute Gasteiger partial charge is 0.355 e. The lowest BCUT2D eigenvalue weighted by Gasteiger charge is -2.07. The predicted octanol–water partition coefficient (Wildman–Crippen LogP) is 5.40. The van der Waals surface area contributed by atoms with Crippen LogP contribution in [0, 0.1) is 0 Å². The van der Waals surface area contributed by atoms with Crippen LogP contribution in [0.5, 0.6) is 0 Å². The highest BCUT2D eigenvalue weighted by Gasteiger charge is 2.04. The maximum absolute atomic E-state index is 12.0. The van der Waals surface area contributed by atoms with Gasteiger partial charge < -0.3 is 10.6 Å². The van der Waals surface area contributed by atoms with Gasteiger partial charge in [-0.1, -0.05) is 63.3 Å². The highest BCUT2D eigenvalue weighted by atomic mass is 32.1. The number of thiol groups is 1. The van der Waals surface area contributed by atoms with Crippen LogP contribution in [0.1, 0.15) is 52.0 Å². The van der Waals surface area contributed by atoms with E-state index < -0.39 is 0 Å². The van der Waals surface area contributed by atoms with E-state index in [-0.39, 0.29) is 17.6 Å². The first-order chi connectivity index (χ1) is 13.6. The minimum absolute atomic E-state index is 0.00514. The van der Waals surface area contributed by atoms with Crippen molar-refractivity contribution in [1.82, 2.24) is 5.32 Å². The molecule has 0 aromatic heterocycles. The van der Waals surface area contributed by atoms with Crippen LogP contribution in [0.2, 0.25) is 0 Å². The van der Waals surface area contributed by atoms with E-state index in [1.165, 1.54) is 0 Å². The molecule has 1 aromatic carbocycles. The Morgan fingerprint density at radius 3 is 2.32 bits per heavy atom. The van der Waals surface area contributed by atoms with Crippen LogP contribution in [0.15, 0.2) is 55.1 Å². The highest BCUT2D eigenvalue weighted by Crippen LogP contribution is 2.19. The first kappa shape index (κ1) is 25.7. The molecule has 0 heterocycles. The summed E-state index contributed by atoms with van der Waals surface area (Å²) in [4.78, 5) is 23.0. The minimum Gasteiger partial charge on any atom is -0.355 e. The summed E-state index contributed by atoms with van der Waals surface area (Å²) in [7, 11) is 0. The third-order valence-electron chi connectivity index (χ3n) is 3.74. The average Bonchev–Trinajstić information content (AvgIpc) is 2.73. The van der Waals surface area contributed by atoms with Crippen molar-refractivity contribution < 1.29 is 9.59 Å². The molecule has 5 heteroatoms. The summed E-state index contributed by atoms with van der Waals surface area (Å²) >= 11 is 3.90. The number of unbranched alkanes of at least 4 members (excludes halogenated alkanes) is 2. The molecule has 0 radical (unpaired) electrons. The minimum atomic E-state index is -0.0605. The van der Waals surface area contributed by atoms with Gasteiger partial charge in [-0.15, -0.1) is 0 Å². The summed E-state index contributed by atoms with van der Waals surface area (Å²) in [6, 6.07) is 7.73. The Morgan fingerprint density at radius 1 is 1.07 bits per heavy atom. The average molecular weight is 403 g/mol. The number of hydrogen-bond acceptors (Lipinski definition) is 3. The van der Waals surface area contributed by atoms with E-state index in [0.29, 0.717) is 13.0 Å². The summed E-state index contributed by atoms with van der Waals surface area (Å²) in [5, 5.41) is 5.67. The number of amides is 2. The molecule has 0 unspecified atom stereocenters. The van der Waals surface area contributed by atoms with Gasteiger partial charge in [-0.3, -0.25) is 9.59 Å². The molecule has 2 N–H and O–H groups in total. The Bertz CT molecular complexity index is 649. The quantitative estimate of drug-likeness (QED) is 0.263. The fraction of sp³-hybridized carbons (Fsp3) is 0.391. The van der Waals surface area contributed by atoms with E-state index in [9.17, 15) is 9.59 Å². The molecule has 0 aliphatic rings. The molecule has 0 saturated heterocycles. The molecule has 0 atom stereocenters. The summed E-state index contributed by atoms with van der Waals surface area (Å²) in [5.41, 5.74) is 2.87. The number of rotatable bonds is 11. The van der Waals surface area contributed by atoms with Gasteiger partial charge in [0.1, 0.15) is 0 Å². The number of allylic oxidation sites excluding steroid dienone is 5. The van der Waals surface area contributed by atoms with Crippen molar-refractivity contribution in [3.8, 4) is 0 Å². The molecule has 0 bridgehead atoms. The van der Waals surface area contributed by atoms with Gasteiger partial charge in [0.15, 0.2) is 0 Å². The first-order valence-electron chi connectivity index (χ1n) is 9.84. The van der Waals surface area contributed by atoms with Gasteiger partial charge in [0.25, 0.3) is 0 Å². The van der Waals surface area contributed by atoms with Crippen molar-refractivity contribution >= 4 is 35.7 Å². The Balaban J connectivity index is 0.00000352. The van der Waals surface area contributed by atoms with E-state index in [2.05, 4.69) is 29.8 Å². The second kappa shape index (κ2) is 16.9. The number of hydrogen-bond donors (Lipinski definition) is 3. The van der Waals surface area contributed by atoms with E-state index in [1.54, 1.807) is 0 Å². The molecular formula is C23H34N2O2S. The third-order valence-corrected chi connectivity index (χ3v) is 4.02. The summed E-state index contributed by atoms with van der Waals surface area (Å²) in [6.45, 7) is 10.4. The molecular weight excluding hydrogens is 368 g/mol. The second-order valence-electron chi connectivity index (χ2n) is 5.80. The monoisotopic (exact) mass is 402 g/mol. The normalized spacial score (nSPS) is 10.8. The fourth-order valence-corrected chi connectivity index (χ4v) is 2.43. The van der Waals surface area contributed by atoms with Crippen molar-refractivity contribution in [3.63, 3.8) is 0 Å². The third kappa shape index (κ3) is 11.4. The van der Waals surface area contributed by atoms with Crippen LogP contribution in [0.4, 0.5) is 5.69 Å². The molecule has 0 saturated carbocycles. The van der Waals surface area contributed by atoms with Crippen molar-refractivity contribution in [1.29, 1.82) is 0 Å². The number of nitrogens with one attached hydrogen (secondary N) is 2. The molecule has 0 aliphatic carbocycles. The number of anilines is 1.